The zero-order valence-corrected chi connectivity index (χ0v) is 11.3. The van der Waals surface area contributed by atoms with E-state index in [1.807, 2.05) is 13.8 Å². The Hall–Kier alpha value is -0.590. The Kier molecular flexibility index (Phi) is 6.54. The number of hydrogen-bond donors (Lipinski definition) is 1. The van der Waals surface area contributed by atoms with Crippen molar-refractivity contribution in [1.29, 1.82) is 5.26 Å². The molecule has 1 atom stereocenters. The topological polar surface area (TPSA) is 45.0 Å². The first kappa shape index (κ1) is 14.5. The fraction of sp³-hybridized carbons (Fsp3) is 0.929. The summed E-state index contributed by atoms with van der Waals surface area (Å²) in [7, 11) is 0. The molecular formula is C14H26N2O. The van der Waals surface area contributed by atoms with Gasteiger partial charge in [0.25, 0.3) is 0 Å². The molecule has 1 unspecified atom stereocenters. The van der Waals surface area contributed by atoms with Gasteiger partial charge in [-0.2, -0.15) is 5.26 Å². The second-order valence-electron chi connectivity index (χ2n) is 5.74. The number of piperidine rings is 1. The van der Waals surface area contributed by atoms with Gasteiger partial charge in [-0.25, -0.2) is 0 Å². The van der Waals surface area contributed by atoms with Crippen molar-refractivity contribution >= 4 is 0 Å². The molecule has 0 aliphatic carbocycles. The van der Waals surface area contributed by atoms with Gasteiger partial charge in [-0.05, 0) is 58.4 Å². The maximum atomic E-state index is 8.88. The van der Waals surface area contributed by atoms with E-state index in [1.54, 1.807) is 0 Å². The van der Waals surface area contributed by atoms with E-state index >= 15 is 0 Å². The van der Waals surface area contributed by atoms with Crippen LogP contribution < -0.4 is 5.32 Å². The first-order valence-corrected chi connectivity index (χ1v) is 6.84. The summed E-state index contributed by atoms with van der Waals surface area (Å²) in [5.41, 5.74) is -0.173. The van der Waals surface area contributed by atoms with Crippen LogP contribution in [-0.2, 0) is 4.74 Å². The molecule has 1 aliphatic rings. The molecule has 3 heteroatoms. The molecule has 1 fully saturated rings. The molecule has 0 radical (unpaired) electrons. The molecule has 0 saturated carbocycles. The van der Waals surface area contributed by atoms with E-state index < -0.39 is 0 Å². The van der Waals surface area contributed by atoms with E-state index in [-0.39, 0.29) is 5.41 Å². The highest BCUT2D eigenvalue weighted by Gasteiger charge is 2.15. The summed E-state index contributed by atoms with van der Waals surface area (Å²) in [5.74, 6) is 0.708. The zero-order chi connectivity index (χ0) is 12.6. The van der Waals surface area contributed by atoms with Crippen LogP contribution in [-0.4, -0.2) is 26.3 Å². The molecule has 98 valence electrons. The van der Waals surface area contributed by atoms with Crippen LogP contribution in [0.3, 0.4) is 0 Å². The summed E-state index contributed by atoms with van der Waals surface area (Å²) >= 11 is 0. The SMILES string of the molecule is CC(C)(C#N)CCCCOCC1CCCNC1. The Morgan fingerprint density at radius 1 is 1.41 bits per heavy atom. The predicted octanol–water partition coefficient (Wildman–Crippen LogP) is 2.72. The number of ether oxygens (including phenoxy) is 1. The minimum absolute atomic E-state index is 0.173. The van der Waals surface area contributed by atoms with Crippen LogP contribution >= 0.6 is 0 Å². The Morgan fingerprint density at radius 3 is 2.88 bits per heavy atom. The second-order valence-corrected chi connectivity index (χ2v) is 5.74. The van der Waals surface area contributed by atoms with Crippen molar-refractivity contribution in [2.45, 2.75) is 46.0 Å². The molecule has 0 bridgehead atoms. The molecule has 3 nitrogen and oxygen atoms in total. The Bertz CT molecular complexity index is 239. The molecule has 0 aromatic rings. The van der Waals surface area contributed by atoms with Crippen molar-refractivity contribution in [3.63, 3.8) is 0 Å². The lowest BCUT2D eigenvalue weighted by atomic mass is 9.89. The molecule has 0 aromatic heterocycles. The van der Waals surface area contributed by atoms with E-state index in [1.165, 1.54) is 19.4 Å². The van der Waals surface area contributed by atoms with Crippen LogP contribution in [0.15, 0.2) is 0 Å². The van der Waals surface area contributed by atoms with Gasteiger partial charge in [0.15, 0.2) is 0 Å². The Balaban J connectivity index is 1.92. The lowest BCUT2D eigenvalue weighted by Gasteiger charge is -2.22. The van der Waals surface area contributed by atoms with Crippen LogP contribution in [0.2, 0.25) is 0 Å². The van der Waals surface area contributed by atoms with E-state index in [2.05, 4.69) is 11.4 Å². The minimum Gasteiger partial charge on any atom is -0.381 e. The molecule has 1 heterocycles. The van der Waals surface area contributed by atoms with Gasteiger partial charge in [0.2, 0.25) is 0 Å². The van der Waals surface area contributed by atoms with Gasteiger partial charge >= 0.3 is 0 Å². The lowest BCUT2D eigenvalue weighted by molar-refractivity contribution is 0.0860. The van der Waals surface area contributed by atoms with Crippen LogP contribution in [0.5, 0.6) is 0 Å². The van der Waals surface area contributed by atoms with Crippen LogP contribution in [0.25, 0.3) is 0 Å². The highest BCUT2D eigenvalue weighted by Crippen LogP contribution is 2.21. The van der Waals surface area contributed by atoms with E-state index in [9.17, 15) is 0 Å². The van der Waals surface area contributed by atoms with Gasteiger partial charge in [-0.15, -0.1) is 0 Å². The van der Waals surface area contributed by atoms with Crippen molar-refractivity contribution < 1.29 is 4.74 Å². The summed E-state index contributed by atoms with van der Waals surface area (Å²) in [6, 6.07) is 2.33. The van der Waals surface area contributed by atoms with Crippen LogP contribution in [0.4, 0.5) is 0 Å². The molecule has 1 N–H and O–H groups in total. The van der Waals surface area contributed by atoms with Gasteiger partial charge in [-0.1, -0.05) is 0 Å². The predicted molar refractivity (Wildman–Crippen MR) is 69.7 cm³/mol. The minimum atomic E-state index is -0.173. The number of nitriles is 1. The Labute approximate surface area is 106 Å². The molecular weight excluding hydrogens is 212 g/mol. The average Bonchev–Trinajstić information content (AvgIpc) is 2.35. The second kappa shape index (κ2) is 7.68. The van der Waals surface area contributed by atoms with Gasteiger partial charge < -0.3 is 10.1 Å². The normalized spacial score (nSPS) is 21.1. The van der Waals surface area contributed by atoms with Crippen molar-refractivity contribution in [2.75, 3.05) is 26.3 Å². The quantitative estimate of drug-likeness (QED) is 0.694. The van der Waals surface area contributed by atoms with Crippen LogP contribution in [0, 0.1) is 22.7 Å². The molecule has 0 amide bonds. The zero-order valence-electron chi connectivity index (χ0n) is 11.3. The molecule has 0 spiro atoms. The van der Waals surface area contributed by atoms with E-state index in [4.69, 9.17) is 10.00 Å². The summed E-state index contributed by atoms with van der Waals surface area (Å²) in [6.45, 7) is 8.02. The third kappa shape index (κ3) is 6.65. The number of unbranched alkanes of at least 4 members (excludes halogenated alkanes) is 1. The van der Waals surface area contributed by atoms with Gasteiger partial charge in [0, 0.05) is 13.2 Å². The highest BCUT2D eigenvalue weighted by atomic mass is 16.5. The lowest BCUT2D eigenvalue weighted by Crippen LogP contribution is -2.32. The first-order chi connectivity index (χ1) is 8.14. The van der Waals surface area contributed by atoms with E-state index in [0.29, 0.717) is 5.92 Å². The Morgan fingerprint density at radius 2 is 2.24 bits per heavy atom. The van der Waals surface area contributed by atoms with Crippen LogP contribution in [0.1, 0.15) is 46.0 Å². The summed E-state index contributed by atoms with van der Waals surface area (Å²) in [5, 5.41) is 12.3. The van der Waals surface area contributed by atoms with Crippen molar-refractivity contribution in [3.05, 3.63) is 0 Å². The first-order valence-electron chi connectivity index (χ1n) is 6.84. The monoisotopic (exact) mass is 238 g/mol. The number of nitrogens with zero attached hydrogens (tertiary/aromatic N) is 1. The molecule has 1 rings (SSSR count). The summed E-state index contributed by atoms with van der Waals surface area (Å²) < 4.78 is 5.70. The number of hydrogen-bond acceptors (Lipinski definition) is 3. The van der Waals surface area contributed by atoms with Gasteiger partial charge in [0.05, 0.1) is 18.1 Å². The molecule has 1 saturated heterocycles. The number of rotatable bonds is 7. The third-order valence-electron chi connectivity index (χ3n) is 3.40. The molecule has 17 heavy (non-hydrogen) atoms. The summed E-state index contributed by atoms with van der Waals surface area (Å²) in [6.07, 6.45) is 5.71. The van der Waals surface area contributed by atoms with Gasteiger partial charge in [-0.3, -0.25) is 0 Å². The largest absolute Gasteiger partial charge is 0.381 e. The third-order valence-corrected chi connectivity index (χ3v) is 3.40. The van der Waals surface area contributed by atoms with Gasteiger partial charge in [0.1, 0.15) is 0 Å². The highest BCUT2D eigenvalue weighted by molar-refractivity contribution is 4.91. The molecule has 1 aliphatic heterocycles. The fourth-order valence-electron chi connectivity index (χ4n) is 2.14. The average molecular weight is 238 g/mol. The summed E-state index contributed by atoms with van der Waals surface area (Å²) in [4.78, 5) is 0. The maximum Gasteiger partial charge on any atom is 0.0683 e. The smallest absolute Gasteiger partial charge is 0.0683 e. The standard InChI is InChI=1S/C14H26N2O/c1-14(2,12-15)7-3-4-9-17-11-13-6-5-8-16-10-13/h13,16H,3-11H2,1-2H3. The van der Waals surface area contributed by atoms with Crippen molar-refractivity contribution in [2.24, 2.45) is 11.3 Å². The van der Waals surface area contributed by atoms with Crippen molar-refractivity contribution in [3.8, 4) is 6.07 Å². The maximum absolute atomic E-state index is 8.88. The van der Waals surface area contributed by atoms with E-state index in [0.717, 1.165) is 39.0 Å². The number of nitrogens with one attached hydrogen (secondary N) is 1. The van der Waals surface area contributed by atoms with Crippen molar-refractivity contribution in [1.82, 2.24) is 5.32 Å². The molecule has 0 aromatic carbocycles. The fourth-order valence-corrected chi connectivity index (χ4v) is 2.14.